The summed E-state index contributed by atoms with van der Waals surface area (Å²) in [6.45, 7) is 1.79. The number of nitrogens with one attached hydrogen (secondary N) is 1. The van der Waals surface area contributed by atoms with Gasteiger partial charge in [-0.1, -0.05) is 30.3 Å². The van der Waals surface area contributed by atoms with Gasteiger partial charge in [0.15, 0.2) is 10.9 Å². The normalized spacial score (nSPS) is 15.3. The third-order valence-electron chi connectivity index (χ3n) is 4.41. The number of furan rings is 1. The zero-order valence-corrected chi connectivity index (χ0v) is 14.5. The highest BCUT2D eigenvalue weighted by Crippen LogP contribution is 2.29. The second-order valence-electron chi connectivity index (χ2n) is 6.09. The standard InChI is InChI=1S/C19H19N3O2S/c23-18(17-7-4-12-24-17)20-15-8-10-22(11-9-15)19-21-16(13-25-19)14-5-2-1-3-6-14/h1-7,12-13,15H,8-11H2,(H,20,23). The molecule has 0 atom stereocenters. The summed E-state index contributed by atoms with van der Waals surface area (Å²) in [7, 11) is 0. The largest absolute Gasteiger partial charge is 0.459 e. The smallest absolute Gasteiger partial charge is 0.287 e. The first-order chi connectivity index (χ1) is 12.3. The molecule has 0 saturated carbocycles. The van der Waals surface area contributed by atoms with Gasteiger partial charge in [-0.25, -0.2) is 4.98 Å². The highest BCUT2D eigenvalue weighted by Gasteiger charge is 2.23. The van der Waals surface area contributed by atoms with Crippen LogP contribution < -0.4 is 10.2 Å². The van der Waals surface area contributed by atoms with Gasteiger partial charge >= 0.3 is 0 Å². The van der Waals surface area contributed by atoms with Gasteiger partial charge in [-0.3, -0.25) is 4.79 Å². The number of piperidine rings is 1. The van der Waals surface area contributed by atoms with Crippen LogP contribution >= 0.6 is 11.3 Å². The average molecular weight is 353 g/mol. The van der Waals surface area contributed by atoms with E-state index < -0.39 is 0 Å². The number of carbonyl (C=O) groups excluding carboxylic acids is 1. The number of amides is 1. The predicted molar refractivity (Wildman–Crippen MR) is 99.0 cm³/mol. The Labute approximate surface area is 150 Å². The third kappa shape index (κ3) is 3.58. The predicted octanol–water partition coefficient (Wildman–Crippen LogP) is 3.80. The highest BCUT2D eigenvalue weighted by molar-refractivity contribution is 7.14. The summed E-state index contributed by atoms with van der Waals surface area (Å²) in [5, 5.41) is 6.21. The fraction of sp³-hybridized carbons (Fsp3) is 0.263. The molecule has 1 amide bonds. The summed E-state index contributed by atoms with van der Waals surface area (Å²) >= 11 is 1.68. The molecule has 6 heteroatoms. The molecule has 0 bridgehead atoms. The van der Waals surface area contributed by atoms with Crippen LogP contribution in [0, 0.1) is 0 Å². The maximum Gasteiger partial charge on any atom is 0.287 e. The van der Waals surface area contributed by atoms with Crippen LogP contribution in [0.2, 0.25) is 0 Å². The maximum absolute atomic E-state index is 12.1. The maximum atomic E-state index is 12.1. The molecule has 128 valence electrons. The van der Waals surface area contributed by atoms with Gasteiger partial charge < -0.3 is 14.6 Å². The van der Waals surface area contributed by atoms with Crippen LogP contribution in [-0.4, -0.2) is 30.0 Å². The summed E-state index contributed by atoms with van der Waals surface area (Å²) in [5.74, 6) is 0.235. The zero-order chi connectivity index (χ0) is 17.1. The number of hydrogen-bond donors (Lipinski definition) is 1. The van der Waals surface area contributed by atoms with Gasteiger partial charge in [0.1, 0.15) is 0 Å². The topological polar surface area (TPSA) is 58.4 Å². The second kappa shape index (κ2) is 7.11. The van der Waals surface area contributed by atoms with Crippen LogP contribution in [0.4, 0.5) is 5.13 Å². The van der Waals surface area contributed by atoms with E-state index in [-0.39, 0.29) is 11.9 Å². The van der Waals surface area contributed by atoms with Gasteiger partial charge in [-0.05, 0) is 25.0 Å². The van der Waals surface area contributed by atoms with Gasteiger partial charge in [0, 0.05) is 30.1 Å². The number of carbonyl (C=O) groups is 1. The number of nitrogens with zero attached hydrogens (tertiary/aromatic N) is 2. The van der Waals surface area contributed by atoms with Crippen molar-refractivity contribution in [1.29, 1.82) is 0 Å². The van der Waals surface area contributed by atoms with Crippen molar-refractivity contribution < 1.29 is 9.21 Å². The Kier molecular flexibility index (Phi) is 4.52. The number of benzene rings is 1. The summed E-state index contributed by atoms with van der Waals surface area (Å²) in [6.07, 6.45) is 3.34. The lowest BCUT2D eigenvalue weighted by Crippen LogP contribution is -2.44. The van der Waals surface area contributed by atoms with Crippen molar-refractivity contribution in [3.8, 4) is 11.3 Å². The average Bonchev–Trinajstić information content (AvgIpc) is 3.35. The Hall–Kier alpha value is -2.60. The molecule has 1 N–H and O–H groups in total. The third-order valence-corrected chi connectivity index (χ3v) is 5.31. The molecule has 2 aromatic heterocycles. The van der Waals surface area contributed by atoms with Crippen LogP contribution in [0.25, 0.3) is 11.3 Å². The number of anilines is 1. The van der Waals surface area contributed by atoms with E-state index in [0.717, 1.165) is 42.3 Å². The molecule has 1 saturated heterocycles. The molecule has 1 aliphatic rings. The first-order valence-corrected chi connectivity index (χ1v) is 9.28. The molecule has 0 radical (unpaired) electrons. The van der Waals surface area contributed by atoms with E-state index in [2.05, 4.69) is 27.7 Å². The lowest BCUT2D eigenvalue weighted by Gasteiger charge is -2.31. The van der Waals surface area contributed by atoms with Crippen molar-refractivity contribution in [1.82, 2.24) is 10.3 Å². The monoisotopic (exact) mass is 353 g/mol. The van der Waals surface area contributed by atoms with E-state index >= 15 is 0 Å². The van der Waals surface area contributed by atoms with Crippen LogP contribution in [0.3, 0.4) is 0 Å². The lowest BCUT2D eigenvalue weighted by molar-refractivity contribution is 0.0903. The molecule has 0 unspecified atom stereocenters. The van der Waals surface area contributed by atoms with E-state index in [4.69, 9.17) is 9.40 Å². The van der Waals surface area contributed by atoms with Gasteiger partial charge in [-0.2, -0.15) is 0 Å². The minimum absolute atomic E-state index is 0.135. The quantitative estimate of drug-likeness (QED) is 0.775. The number of rotatable bonds is 4. The fourth-order valence-corrected chi connectivity index (χ4v) is 3.92. The van der Waals surface area contributed by atoms with E-state index in [1.807, 2.05) is 18.2 Å². The Bertz CT molecular complexity index is 821. The van der Waals surface area contributed by atoms with Gasteiger partial charge in [0.25, 0.3) is 5.91 Å². The van der Waals surface area contributed by atoms with Gasteiger partial charge in [0.2, 0.25) is 0 Å². The molecule has 4 rings (SSSR count). The zero-order valence-electron chi connectivity index (χ0n) is 13.7. The van der Waals surface area contributed by atoms with Crippen LogP contribution in [0.15, 0.2) is 58.5 Å². The molecule has 1 aliphatic heterocycles. The number of aromatic nitrogens is 1. The van der Waals surface area contributed by atoms with E-state index in [1.54, 1.807) is 23.5 Å². The van der Waals surface area contributed by atoms with Crippen LogP contribution in [0.5, 0.6) is 0 Å². The summed E-state index contributed by atoms with van der Waals surface area (Å²) in [5.41, 5.74) is 2.17. The van der Waals surface area contributed by atoms with Gasteiger partial charge in [0.05, 0.1) is 12.0 Å². The van der Waals surface area contributed by atoms with Crippen molar-refractivity contribution in [3.63, 3.8) is 0 Å². The first kappa shape index (κ1) is 15.9. The molecule has 3 aromatic rings. The minimum Gasteiger partial charge on any atom is -0.459 e. The molecular formula is C19H19N3O2S. The Morgan fingerprint density at radius 3 is 2.68 bits per heavy atom. The number of hydrogen-bond acceptors (Lipinski definition) is 5. The van der Waals surface area contributed by atoms with Crippen LogP contribution in [-0.2, 0) is 0 Å². The molecule has 5 nitrogen and oxygen atoms in total. The summed E-state index contributed by atoms with van der Waals surface area (Å²) in [6, 6.07) is 13.8. The van der Waals surface area contributed by atoms with Gasteiger partial charge in [-0.15, -0.1) is 11.3 Å². The summed E-state index contributed by atoms with van der Waals surface area (Å²) in [4.78, 5) is 19.1. The molecule has 0 spiro atoms. The van der Waals surface area contributed by atoms with E-state index in [9.17, 15) is 4.79 Å². The van der Waals surface area contributed by atoms with E-state index in [1.165, 1.54) is 6.26 Å². The lowest BCUT2D eigenvalue weighted by atomic mass is 10.1. The van der Waals surface area contributed by atoms with Crippen molar-refractivity contribution in [2.24, 2.45) is 0 Å². The van der Waals surface area contributed by atoms with E-state index in [0.29, 0.717) is 5.76 Å². The van der Waals surface area contributed by atoms with Crippen LogP contribution in [0.1, 0.15) is 23.4 Å². The molecule has 1 aromatic carbocycles. The fourth-order valence-electron chi connectivity index (χ4n) is 3.03. The van der Waals surface area contributed by atoms with Crippen molar-refractivity contribution in [3.05, 3.63) is 59.9 Å². The minimum atomic E-state index is -0.135. The second-order valence-corrected chi connectivity index (χ2v) is 6.93. The van der Waals surface area contributed by atoms with Crippen molar-refractivity contribution in [2.75, 3.05) is 18.0 Å². The molecule has 0 aliphatic carbocycles. The SMILES string of the molecule is O=C(NC1CCN(c2nc(-c3ccccc3)cs2)CC1)c1ccco1. The Morgan fingerprint density at radius 1 is 1.16 bits per heavy atom. The highest BCUT2D eigenvalue weighted by atomic mass is 32.1. The van der Waals surface area contributed by atoms with Crippen molar-refractivity contribution in [2.45, 2.75) is 18.9 Å². The summed E-state index contributed by atoms with van der Waals surface area (Å²) < 4.78 is 5.14. The Balaban J connectivity index is 1.34. The molecule has 1 fully saturated rings. The number of thiazole rings is 1. The molecular weight excluding hydrogens is 334 g/mol. The first-order valence-electron chi connectivity index (χ1n) is 8.40. The molecule has 3 heterocycles. The Morgan fingerprint density at radius 2 is 1.96 bits per heavy atom. The van der Waals surface area contributed by atoms with Crippen molar-refractivity contribution >= 4 is 22.4 Å². The molecule has 25 heavy (non-hydrogen) atoms.